The predicted molar refractivity (Wildman–Crippen MR) is 55.9 cm³/mol. The van der Waals surface area contributed by atoms with E-state index >= 15 is 0 Å². The van der Waals surface area contributed by atoms with Crippen LogP contribution < -0.4 is 0 Å². The quantitative estimate of drug-likeness (QED) is 0.593. The Morgan fingerprint density at radius 2 is 1.88 bits per heavy atom. The van der Waals surface area contributed by atoms with Crippen LogP contribution >= 0.6 is 0 Å². The van der Waals surface area contributed by atoms with E-state index in [0.717, 1.165) is 18.4 Å². The Morgan fingerprint density at radius 3 is 2.56 bits per heavy atom. The Kier molecular flexibility index (Phi) is 2.67. The molecule has 0 saturated heterocycles. The van der Waals surface area contributed by atoms with Gasteiger partial charge in [-0.15, -0.1) is 0 Å². The Morgan fingerprint density at radius 1 is 1.19 bits per heavy atom. The van der Waals surface area contributed by atoms with Crippen LogP contribution in [0, 0.1) is 17.8 Å². The molecule has 0 spiro atoms. The lowest BCUT2D eigenvalue weighted by Gasteiger charge is -1.99. The van der Waals surface area contributed by atoms with Crippen molar-refractivity contribution in [2.75, 3.05) is 0 Å². The van der Waals surface area contributed by atoms with E-state index in [1.165, 1.54) is 11.5 Å². The molecule has 1 atom stereocenters. The first-order valence-electron chi connectivity index (χ1n) is 5.16. The van der Waals surface area contributed by atoms with Crippen LogP contribution in [0.15, 0.2) is 18.2 Å². The Hall–Kier alpha value is -1.43. The van der Waals surface area contributed by atoms with Gasteiger partial charge in [-0.3, -0.25) is 0 Å². The van der Waals surface area contributed by atoms with Gasteiger partial charge in [-0.05, 0) is 42.0 Å². The van der Waals surface area contributed by atoms with Gasteiger partial charge in [0.05, 0.1) is 0 Å². The average molecular weight is 224 g/mol. The van der Waals surface area contributed by atoms with Crippen molar-refractivity contribution in [3.63, 3.8) is 0 Å². The topological polar surface area (TPSA) is 0 Å². The number of hydrogen-bond donors (Lipinski definition) is 0. The third-order valence-electron chi connectivity index (χ3n) is 2.69. The molecule has 0 saturated carbocycles. The molecule has 0 amide bonds. The molecule has 0 heterocycles. The highest BCUT2D eigenvalue weighted by molar-refractivity contribution is 5.43. The van der Waals surface area contributed by atoms with Crippen molar-refractivity contribution in [2.45, 2.75) is 25.9 Å². The lowest BCUT2D eigenvalue weighted by molar-refractivity contribution is -0.0696. The van der Waals surface area contributed by atoms with Gasteiger partial charge in [-0.1, -0.05) is 18.9 Å². The first kappa shape index (κ1) is 11.1. The molecule has 3 heteroatoms. The van der Waals surface area contributed by atoms with Crippen LogP contribution in [0.3, 0.4) is 0 Å². The molecule has 0 aliphatic heterocycles. The van der Waals surface area contributed by atoms with E-state index in [1.807, 2.05) is 6.07 Å². The minimum Gasteiger partial charge on any atom is -0.159 e. The number of benzene rings is 1. The Balaban J connectivity index is 2.26. The zero-order valence-electron chi connectivity index (χ0n) is 8.86. The predicted octanol–water partition coefficient (Wildman–Crippen LogP) is 3.34. The minimum absolute atomic E-state index is 0.449. The van der Waals surface area contributed by atoms with Crippen molar-refractivity contribution < 1.29 is 13.2 Å². The molecule has 16 heavy (non-hydrogen) atoms. The third kappa shape index (κ3) is 2.57. The largest absolute Gasteiger partial charge is 0.458 e. The van der Waals surface area contributed by atoms with Gasteiger partial charge in [0.2, 0.25) is 0 Å². The Bertz CT molecular complexity index is 460. The lowest BCUT2D eigenvalue weighted by atomic mass is 10.1. The van der Waals surface area contributed by atoms with Gasteiger partial charge in [0.15, 0.2) is 0 Å². The SMILES string of the molecule is CC1Cc2ccc(C#CC(F)(F)F)cc2C1. The summed E-state index contributed by atoms with van der Waals surface area (Å²) in [4.78, 5) is 0. The molecule has 0 bridgehead atoms. The van der Waals surface area contributed by atoms with Gasteiger partial charge in [-0.2, -0.15) is 13.2 Å². The summed E-state index contributed by atoms with van der Waals surface area (Å²) < 4.78 is 35.7. The first-order valence-corrected chi connectivity index (χ1v) is 5.16. The number of halogens is 3. The molecule has 1 aliphatic rings. The summed E-state index contributed by atoms with van der Waals surface area (Å²) >= 11 is 0. The van der Waals surface area contributed by atoms with E-state index in [0.29, 0.717) is 11.5 Å². The van der Waals surface area contributed by atoms with Crippen LogP contribution in [0.2, 0.25) is 0 Å². The summed E-state index contributed by atoms with van der Waals surface area (Å²) in [5.74, 6) is 4.03. The van der Waals surface area contributed by atoms with Crippen molar-refractivity contribution in [3.8, 4) is 11.8 Å². The fourth-order valence-electron chi connectivity index (χ4n) is 2.06. The summed E-state index contributed by atoms with van der Waals surface area (Å²) in [6, 6.07) is 5.33. The molecular weight excluding hydrogens is 213 g/mol. The van der Waals surface area contributed by atoms with E-state index in [2.05, 4.69) is 12.8 Å². The van der Waals surface area contributed by atoms with Crippen LogP contribution in [0.5, 0.6) is 0 Å². The highest BCUT2D eigenvalue weighted by Gasteiger charge is 2.23. The van der Waals surface area contributed by atoms with Gasteiger partial charge in [0.1, 0.15) is 0 Å². The van der Waals surface area contributed by atoms with Crippen molar-refractivity contribution >= 4 is 0 Å². The first-order chi connectivity index (χ1) is 7.44. The van der Waals surface area contributed by atoms with Crippen LogP contribution in [-0.4, -0.2) is 6.18 Å². The van der Waals surface area contributed by atoms with Crippen molar-refractivity contribution in [1.29, 1.82) is 0 Å². The van der Waals surface area contributed by atoms with Gasteiger partial charge in [0, 0.05) is 11.5 Å². The molecule has 1 aliphatic carbocycles. The molecule has 1 unspecified atom stereocenters. The van der Waals surface area contributed by atoms with Gasteiger partial charge >= 0.3 is 6.18 Å². The fraction of sp³-hybridized carbons (Fsp3) is 0.385. The van der Waals surface area contributed by atoms with Crippen molar-refractivity contribution in [3.05, 3.63) is 34.9 Å². The highest BCUT2D eigenvalue weighted by atomic mass is 19.4. The van der Waals surface area contributed by atoms with Crippen LogP contribution in [0.25, 0.3) is 0 Å². The zero-order chi connectivity index (χ0) is 11.8. The molecule has 0 N–H and O–H groups in total. The average Bonchev–Trinajstić information content (AvgIpc) is 2.52. The molecule has 1 aromatic rings. The van der Waals surface area contributed by atoms with E-state index < -0.39 is 6.18 Å². The number of rotatable bonds is 0. The van der Waals surface area contributed by atoms with E-state index in [9.17, 15) is 13.2 Å². The molecule has 0 aromatic heterocycles. The molecule has 2 rings (SSSR count). The summed E-state index contributed by atoms with van der Waals surface area (Å²) in [5.41, 5.74) is 2.83. The van der Waals surface area contributed by atoms with E-state index in [1.54, 1.807) is 12.1 Å². The van der Waals surface area contributed by atoms with Gasteiger partial charge in [-0.25, -0.2) is 0 Å². The zero-order valence-corrected chi connectivity index (χ0v) is 8.86. The second-order valence-corrected chi connectivity index (χ2v) is 4.24. The second-order valence-electron chi connectivity index (χ2n) is 4.24. The summed E-state index contributed by atoms with van der Waals surface area (Å²) in [6.45, 7) is 2.14. The van der Waals surface area contributed by atoms with Crippen molar-refractivity contribution in [2.24, 2.45) is 5.92 Å². The number of fused-ring (bicyclic) bond motifs is 1. The second kappa shape index (κ2) is 3.86. The molecule has 0 radical (unpaired) electrons. The highest BCUT2D eigenvalue weighted by Crippen LogP contribution is 2.27. The standard InChI is InChI=1S/C13H11F3/c1-9-6-11-3-2-10(8-12(11)7-9)4-5-13(14,15)16/h2-3,8-9H,6-7H2,1H3. The molecule has 0 fully saturated rings. The third-order valence-corrected chi connectivity index (χ3v) is 2.69. The van der Waals surface area contributed by atoms with Crippen molar-refractivity contribution in [1.82, 2.24) is 0 Å². The minimum atomic E-state index is -4.41. The van der Waals surface area contributed by atoms with Gasteiger partial charge in [0.25, 0.3) is 0 Å². The molecule has 1 aromatic carbocycles. The van der Waals surface area contributed by atoms with E-state index in [-0.39, 0.29) is 0 Å². The molecule has 0 nitrogen and oxygen atoms in total. The van der Waals surface area contributed by atoms with Crippen LogP contribution in [0.1, 0.15) is 23.6 Å². The maximum Gasteiger partial charge on any atom is 0.458 e. The Labute approximate surface area is 92.5 Å². The fourth-order valence-corrected chi connectivity index (χ4v) is 2.06. The van der Waals surface area contributed by atoms with Crippen LogP contribution in [-0.2, 0) is 12.8 Å². The van der Waals surface area contributed by atoms with Gasteiger partial charge < -0.3 is 0 Å². The van der Waals surface area contributed by atoms with E-state index in [4.69, 9.17) is 0 Å². The lowest BCUT2D eigenvalue weighted by Crippen LogP contribution is -2.01. The maximum atomic E-state index is 11.9. The summed E-state index contributed by atoms with van der Waals surface area (Å²) in [7, 11) is 0. The summed E-state index contributed by atoms with van der Waals surface area (Å²) in [6.07, 6.45) is -2.45. The maximum absolute atomic E-state index is 11.9. The smallest absolute Gasteiger partial charge is 0.159 e. The normalized spacial score (nSPS) is 18.9. The number of hydrogen-bond acceptors (Lipinski definition) is 0. The molecule has 84 valence electrons. The number of alkyl halides is 3. The monoisotopic (exact) mass is 224 g/mol. The summed E-state index contributed by atoms with van der Waals surface area (Å²) in [5, 5.41) is 0. The van der Waals surface area contributed by atoms with Crippen LogP contribution in [0.4, 0.5) is 13.2 Å². The molecular formula is C13H11F3.